The van der Waals surface area contributed by atoms with Crippen LogP contribution in [0.2, 0.25) is 0 Å². The molecular weight excluding hydrogens is 162 g/mol. The second-order valence-corrected chi connectivity index (χ2v) is 4.38. The molecule has 2 heteroatoms. The highest BCUT2D eigenvalue weighted by Gasteiger charge is 2.22. The van der Waals surface area contributed by atoms with E-state index in [4.69, 9.17) is 4.74 Å². The highest BCUT2D eigenvalue weighted by atomic mass is 16.5. The maximum atomic E-state index is 5.35. The second-order valence-electron chi connectivity index (χ2n) is 4.38. The van der Waals surface area contributed by atoms with Gasteiger partial charge in [-0.15, -0.1) is 0 Å². The fourth-order valence-corrected chi connectivity index (χ4v) is 1.64. The summed E-state index contributed by atoms with van der Waals surface area (Å²) in [5.74, 6) is 0.748. The van der Waals surface area contributed by atoms with E-state index in [0.717, 1.165) is 25.7 Å². The predicted octanol–water partition coefficient (Wildman–Crippen LogP) is 2.19. The predicted molar refractivity (Wildman–Crippen MR) is 55.9 cm³/mol. The molecule has 1 rings (SSSR count). The Hall–Kier alpha value is -0.0800. The lowest BCUT2D eigenvalue weighted by Gasteiger charge is -2.29. The maximum Gasteiger partial charge on any atom is 0.0507 e. The summed E-state index contributed by atoms with van der Waals surface area (Å²) in [5, 5.41) is 3.66. The number of ether oxygens (including phenoxy) is 1. The van der Waals surface area contributed by atoms with Crippen molar-refractivity contribution in [3.8, 4) is 0 Å². The highest BCUT2D eigenvalue weighted by Crippen LogP contribution is 2.16. The van der Waals surface area contributed by atoms with Gasteiger partial charge in [-0.2, -0.15) is 0 Å². The Balaban J connectivity index is 2.22. The first-order valence-corrected chi connectivity index (χ1v) is 5.53. The first-order valence-electron chi connectivity index (χ1n) is 5.53. The molecule has 0 aromatic carbocycles. The number of hydrogen-bond donors (Lipinski definition) is 1. The van der Waals surface area contributed by atoms with Gasteiger partial charge < -0.3 is 10.1 Å². The molecule has 1 atom stereocenters. The highest BCUT2D eigenvalue weighted by molar-refractivity contribution is 4.81. The maximum absolute atomic E-state index is 5.35. The topological polar surface area (TPSA) is 21.3 Å². The minimum Gasteiger partial charge on any atom is -0.381 e. The Kier molecular flexibility index (Phi) is 4.20. The smallest absolute Gasteiger partial charge is 0.0507 e. The first-order chi connectivity index (χ1) is 6.20. The van der Waals surface area contributed by atoms with Crippen molar-refractivity contribution in [2.75, 3.05) is 19.8 Å². The summed E-state index contributed by atoms with van der Waals surface area (Å²) < 4.78 is 5.35. The van der Waals surface area contributed by atoms with E-state index >= 15 is 0 Å². The van der Waals surface area contributed by atoms with Gasteiger partial charge in [-0.25, -0.2) is 0 Å². The molecule has 1 unspecified atom stereocenters. The summed E-state index contributed by atoms with van der Waals surface area (Å²) in [7, 11) is 0. The average molecular weight is 185 g/mol. The molecular formula is C11H23NO. The van der Waals surface area contributed by atoms with E-state index in [0.29, 0.717) is 5.54 Å². The Bertz CT molecular complexity index is 137. The zero-order valence-corrected chi connectivity index (χ0v) is 9.23. The molecule has 0 saturated carbocycles. The van der Waals surface area contributed by atoms with Crippen molar-refractivity contribution in [2.45, 2.75) is 45.6 Å². The zero-order chi connectivity index (χ0) is 9.73. The molecule has 0 radical (unpaired) electrons. The minimum absolute atomic E-state index is 0.336. The van der Waals surface area contributed by atoms with E-state index in [1.807, 2.05) is 0 Å². The van der Waals surface area contributed by atoms with Gasteiger partial charge in [-0.05, 0) is 32.1 Å². The van der Waals surface area contributed by atoms with Crippen LogP contribution in [-0.2, 0) is 4.74 Å². The van der Waals surface area contributed by atoms with E-state index in [1.54, 1.807) is 0 Å². The van der Waals surface area contributed by atoms with E-state index in [-0.39, 0.29) is 0 Å². The van der Waals surface area contributed by atoms with Gasteiger partial charge in [0.2, 0.25) is 0 Å². The van der Waals surface area contributed by atoms with E-state index < -0.39 is 0 Å². The Morgan fingerprint density at radius 3 is 2.54 bits per heavy atom. The van der Waals surface area contributed by atoms with Crippen molar-refractivity contribution in [3.05, 3.63) is 0 Å². The van der Waals surface area contributed by atoms with Crippen LogP contribution in [0.25, 0.3) is 0 Å². The van der Waals surface area contributed by atoms with Crippen molar-refractivity contribution in [1.29, 1.82) is 0 Å². The van der Waals surface area contributed by atoms with Crippen LogP contribution in [0.3, 0.4) is 0 Å². The lowest BCUT2D eigenvalue weighted by molar-refractivity contribution is 0.181. The quantitative estimate of drug-likeness (QED) is 0.709. The molecule has 1 N–H and O–H groups in total. The van der Waals surface area contributed by atoms with Crippen LogP contribution in [0.5, 0.6) is 0 Å². The van der Waals surface area contributed by atoms with Gasteiger partial charge in [0.1, 0.15) is 0 Å². The van der Waals surface area contributed by atoms with Crippen molar-refractivity contribution >= 4 is 0 Å². The lowest BCUT2D eigenvalue weighted by Crippen LogP contribution is -2.43. The standard InChI is InChI=1S/C11H23NO/c1-4-11(3,5-2)12-8-10-6-7-13-9-10/h10,12H,4-9H2,1-3H3. The van der Waals surface area contributed by atoms with Crippen LogP contribution in [0.1, 0.15) is 40.0 Å². The summed E-state index contributed by atoms with van der Waals surface area (Å²) in [6, 6.07) is 0. The molecule has 2 nitrogen and oxygen atoms in total. The molecule has 1 heterocycles. The van der Waals surface area contributed by atoms with Crippen LogP contribution >= 0.6 is 0 Å². The molecule has 0 amide bonds. The minimum atomic E-state index is 0.336. The van der Waals surface area contributed by atoms with E-state index in [1.165, 1.54) is 19.3 Å². The van der Waals surface area contributed by atoms with Crippen LogP contribution < -0.4 is 5.32 Å². The zero-order valence-electron chi connectivity index (χ0n) is 9.23. The number of rotatable bonds is 5. The molecule has 0 bridgehead atoms. The van der Waals surface area contributed by atoms with Gasteiger partial charge in [-0.1, -0.05) is 13.8 Å². The van der Waals surface area contributed by atoms with Crippen LogP contribution in [-0.4, -0.2) is 25.3 Å². The summed E-state index contributed by atoms with van der Waals surface area (Å²) in [6.07, 6.45) is 3.64. The van der Waals surface area contributed by atoms with E-state index in [2.05, 4.69) is 26.1 Å². The molecule has 1 aliphatic rings. The third kappa shape index (κ3) is 3.28. The molecule has 78 valence electrons. The van der Waals surface area contributed by atoms with Crippen LogP contribution in [0.15, 0.2) is 0 Å². The Morgan fingerprint density at radius 1 is 1.38 bits per heavy atom. The van der Waals surface area contributed by atoms with Gasteiger partial charge in [-0.3, -0.25) is 0 Å². The largest absolute Gasteiger partial charge is 0.381 e. The summed E-state index contributed by atoms with van der Waals surface area (Å²) >= 11 is 0. The molecule has 0 aromatic rings. The summed E-state index contributed by atoms with van der Waals surface area (Å²) in [6.45, 7) is 9.85. The summed E-state index contributed by atoms with van der Waals surface area (Å²) in [4.78, 5) is 0. The SMILES string of the molecule is CCC(C)(CC)NCC1CCOC1. The Labute approximate surface area is 82.0 Å². The molecule has 0 spiro atoms. The van der Waals surface area contributed by atoms with Crippen molar-refractivity contribution in [3.63, 3.8) is 0 Å². The molecule has 1 aliphatic heterocycles. The Morgan fingerprint density at radius 2 is 2.08 bits per heavy atom. The second kappa shape index (κ2) is 4.97. The lowest BCUT2D eigenvalue weighted by atomic mass is 9.94. The van der Waals surface area contributed by atoms with Gasteiger partial charge in [0.05, 0.1) is 6.61 Å². The third-order valence-corrected chi connectivity index (χ3v) is 3.40. The average Bonchev–Trinajstić information content (AvgIpc) is 2.67. The van der Waals surface area contributed by atoms with Crippen LogP contribution in [0, 0.1) is 5.92 Å². The van der Waals surface area contributed by atoms with Gasteiger partial charge in [0.15, 0.2) is 0 Å². The molecule has 0 aliphatic carbocycles. The van der Waals surface area contributed by atoms with Gasteiger partial charge >= 0.3 is 0 Å². The number of nitrogens with one attached hydrogen (secondary N) is 1. The summed E-state index contributed by atoms with van der Waals surface area (Å²) in [5.41, 5.74) is 0.336. The monoisotopic (exact) mass is 185 g/mol. The van der Waals surface area contributed by atoms with E-state index in [9.17, 15) is 0 Å². The van der Waals surface area contributed by atoms with Crippen LogP contribution in [0.4, 0.5) is 0 Å². The molecule has 1 saturated heterocycles. The third-order valence-electron chi connectivity index (χ3n) is 3.40. The molecule has 13 heavy (non-hydrogen) atoms. The molecule has 1 fully saturated rings. The molecule has 0 aromatic heterocycles. The van der Waals surface area contributed by atoms with Crippen molar-refractivity contribution in [1.82, 2.24) is 5.32 Å². The fourth-order valence-electron chi connectivity index (χ4n) is 1.64. The normalized spacial score (nSPS) is 23.8. The fraction of sp³-hybridized carbons (Fsp3) is 1.00. The van der Waals surface area contributed by atoms with Crippen molar-refractivity contribution < 1.29 is 4.74 Å². The van der Waals surface area contributed by atoms with Gasteiger partial charge in [0, 0.05) is 18.7 Å². The first kappa shape index (κ1) is 11.0. The van der Waals surface area contributed by atoms with Gasteiger partial charge in [0.25, 0.3) is 0 Å². The van der Waals surface area contributed by atoms with Crippen molar-refractivity contribution in [2.24, 2.45) is 5.92 Å². The number of hydrogen-bond acceptors (Lipinski definition) is 2.